The van der Waals surface area contributed by atoms with Gasteiger partial charge in [0.1, 0.15) is 12.9 Å². The van der Waals surface area contributed by atoms with Gasteiger partial charge in [0.25, 0.3) is 5.56 Å². The first-order valence-electron chi connectivity index (χ1n) is 14.8. The molecule has 0 spiro atoms. The fourth-order valence-corrected chi connectivity index (χ4v) is 6.10. The maximum absolute atomic E-state index is 14.4. The third-order valence-corrected chi connectivity index (χ3v) is 8.20. The average Bonchev–Trinajstić information content (AvgIpc) is 3.50. The molecule has 2 aromatic carbocycles. The number of hydrogen-bond donors (Lipinski definition) is 0. The van der Waals surface area contributed by atoms with E-state index in [-0.39, 0.29) is 36.2 Å². The maximum atomic E-state index is 14.4. The van der Waals surface area contributed by atoms with E-state index in [1.54, 1.807) is 6.92 Å². The van der Waals surface area contributed by atoms with Crippen molar-refractivity contribution in [2.75, 3.05) is 13.2 Å². The van der Waals surface area contributed by atoms with Gasteiger partial charge in [-0.2, -0.15) is 15.3 Å². The van der Waals surface area contributed by atoms with Crippen LogP contribution in [0, 0.1) is 11.3 Å². The number of hydrogen-bond acceptors (Lipinski definition) is 7. The minimum atomic E-state index is -0.353. The fourth-order valence-electron chi connectivity index (χ4n) is 6.10. The number of benzene rings is 2. The lowest BCUT2D eigenvalue weighted by Gasteiger charge is -2.31. The van der Waals surface area contributed by atoms with Crippen molar-refractivity contribution in [2.24, 2.45) is 0 Å². The third kappa shape index (κ3) is 5.86. The van der Waals surface area contributed by atoms with E-state index < -0.39 is 0 Å². The summed E-state index contributed by atoms with van der Waals surface area (Å²) in [5, 5.41) is 14.1. The molecule has 2 heterocycles. The largest absolute Gasteiger partial charge is 0.464 e. The van der Waals surface area contributed by atoms with Crippen molar-refractivity contribution in [2.45, 2.75) is 77.4 Å². The molecule has 1 aliphatic carbocycles. The number of nitriles is 1. The summed E-state index contributed by atoms with van der Waals surface area (Å²) in [6.07, 6.45) is 6.01. The lowest BCUT2D eigenvalue weighted by Crippen LogP contribution is -2.36. The van der Waals surface area contributed by atoms with Gasteiger partial charge in [0.05, 0.1) is 30.0 Å². The minimum Gasteiger partial charge on any atom is -0.464 e. The highest BCUT2D eigenvalue weighted by Gasteiger charge is 2.30. The molecule has 5 rings (SSSR count). The Kier molecular flexibility index (Phi) is 9.13. The Balaban J connectivity index is 1.47. The molecule has 1 unspecified atom stereocenters. The summed E-state index contributed by atoms with van der Waals surface area (Å²) in [4.78, 5) is 30.6. The van der Waals surface area contributed by atoms with Crippen LogP contribution in [0.5, 0.6) is 0 Å². The molecule has 9 heteroatoms. The molecule has 0 radical (unpaired) electrons. The Hall–Kier alpha value is -4.29. The zero-order valence-electron chi connectivity index (χ0n) is 24.5. The predicted octanol–water partition coefficient (Wildman–Crippen LogP) is 5.60. The Bertz CT molecular complexity index is 1640. The third-order valence-electron chi connectivity index (χ3n) is 8.20. The van der Waals surface area contributed by atoms with E-state index in [1.165, 1.54) is 6.33 Å². The van der Waals surface area contributed by atoms with Crippen LogP contribution in [0.1, 0.15) is 87.2 Å². The molecule has 9 nitrogen and oxygen atoms in total. The molecule has 0 amide bonds. The van der Waals surface area contributed by atoms with Crippen LogP contribution in [-0.4, -0.2) is 44.5 Å². The lowest BCUT2D eigenvalue weighted by molar-refractivity contribution is -0.151. The molecule has 0 N–H and O–H groups in total. The van der Waals surface area contributed by atoms with Crippen LogP contribution in [0.3, 0.4) is 0 Å². The Morgan fingerprint density at radius 1 is 1.10 bits per heavy atom. The molecule has 2 aromatic heterocycles. The van der Waals surface area contributed by atoms with Gasteiger partial charge in [-0.3, -0.25) is 9.36 Å². The van der Waals surface area contributed by atoms with Crippen LogP contribution < -0.4 is 5.56 Å². The SMILES string of the molecule is CCCc1c(C(C)c2ccc(-c3ccccc3C#N)cc2)c(=O)n(C2CCC(OCC(=O)OCC)CC2)c2ncnn12. The van der Waals surface area contributed by atoms with E-state index in [9.17, 15) is 14.9 Å². The summed E-state index contributed by atoms with van der Waals surface area (Å²) >= 11 is 0. The van der Waals surface area contributed by atoms with Crippen molar-refractivity contribution >= 4 is 11.7 Å². The first-order chi connectivity index (χ1) is 20.5. The van der Waals surface area contributed by atoms with Gasteiger partial charge in [-0.25, -0.2) is 9.31 Å². The van der Waals surface area contributed by atoms with Gasteiger partial charge in [0.15, 0.2) is 0 Å². The first kappa shape index (κ1) is 29.2. The molecule has 1 aliphatic rings. The number of rotatable bonds is 10. The number of esters is 1. The van der Waals surface area contributed by atoms with Crippen LogP contribution in [0.15, 0.2) is 59.7 Å². The number of ether oxygens (including phenoxy) is 2. The number of aryl methyl sites for hydroxylation is 1. The molecular formula is C33H37N5O4. The number of carbonyl (C=O) groups is 1. The van der Waals surface area contributed by atoms with Crippen molar-refractivity contribution in [3.63, 3.8) is 0 Å². The van der Waals surface area contributed by atoms with E-state index in [1.807, 2.05) is 57.6 Å². The number of carbonyl (C=O) groups excluding carboxylic acids is 1. The van der Waals surface area contributed by atoms with Gasteiger partial charge >= 0.3 is 5.97 Å². The normalized spacial score (nSPS) is 17.6. The van der Waals surface area contributed by atoms with E-state index in [0.717, 1.165) is 60.1 Å². The molecule has 1 saturated carbocycles. The number of nitrogens with zero attached hydrogens (tertiary/aromatic N) is 5. The van der Waals surface area contributed by atoms with Crippen molar-refractivity contribution < 1.29 is 14.3 Å². The summed E-state index contributed by atoms with van der Waals surface area (Å²) in [6, 6.07) is 17.9. The highest BCUT2D eigenvalue weighted by Crippen LogP contribution is 2.33. The van der Waals surface area contributed by atoms with Crippen LogP contribution in [-0.2, 0) is 20.7 Å². The molecular weight excluding hydrogens is 530 g/mol. The Morgan fingerprint density at radius 3 is 2.52 bits per heavy atom. The number of fused-ring (bicyclic) bond motifs is 1. The van der Waals surface area contributed by atoms with Gasteiger partial charge in [0.2, 0.25) is 5.78 Å². The van der Waals surface area contributed by atoms with Gasteiger partial charge < -0.3 is 9.47 Å². The highest BCUT2D eigenvalue weighted by molar-refractivity contribution is 5.71. The second-order valence-corrected chi connectivity index (χ2v) is 10.8. The van der Waals surface area contributed by atoms with Gasteiger partial charge in [-0.05, 0) is 61.8 Å². The monoisotopic (exact) mass is 567 g/mol. The zero-order valence-corrected chi connectivity index (χ0v) is 24.5. The maximum Gasteiger partial charge on any atom is 0.332 e. The highest BCUT2D eigenvalue weighted by atomic mass is 16.6. The molecule has 1 atom stereocenters. The Labute approximate surface area is 245 Å². The zero-order chi connectivity index (χ0) is 29.6. The summed E-state index contributed by atoms with van der Waals surface area (Å²) in [7, 11) is 0. The van der Waals surface area contributed by atoms with E-state index >= 15 is 0 Å². The second kappa shape index (κ2) is 13.1. The quantitative estimate of drug-likeness (QED) is 0.229. The minimum absolute atomic E-state index is 0.0266. The fraction of sp³-hybridized carbons (Fsp3) is 0.424. The predicted molar refractivity (Wildman–Crippen MR) is 159 cm³/mol. The van der Waals surface area contributed by atoms with E-state index in [2.05, 4.69) is 30.0 Å². The topological polar surface area (TPSA) is 112 Å². The summed E-state index contributed by atoms with van der Waals surface area (Å²) < 4.78 is 14.5. The van der Waals surface area contributed by atoms with Gasteiger partial charge in [-0.1, -0.05) is 62.7 Å². The van der Waals surface area contributed by atoms with Crippen molar-refractivity contribution in [3.8, 4) is 17.2 Å². The first-order valence-corrected chi connectivity index (χ1v) is 14.8. The lowest BCUT2D eigenvalue weighted by atomic mass is 9.89. The van der Waals surface area contributed by atoms with Crippen LogP contribution in [0.25, 0.3) is 16.9 Å². The summed E-state index contributed by atoms with van der Waals surface area (Å²) in [5.41, 5.74) is 5.10. The van der Waals surface area contributed by atoms with Gasteiger partial charge in [-0.15, -0.1) is 0 Å². The molecule has 4 aromatic rings. The molecule has 42 heavy (non-hydrogen) atoms. The standard InChI is InChI=1S/C33H37N5O4/c1-4-8-29-31(22(3)23-11-13-24(14-12-23)28-10-7-6-9-25(28)19-34)32(40)37(33-35-21-36-38(29)33)26-15-17-27(18-16-26)42-20-30(39)41-5-2/h6-7,9-14,21-22,26-27H,4-5,8,15-18,20H2,1-3H3. The molecule has 0 saturated heterocycles. The van der Waals surface area contributed by atoms with Crippen molar-refractivity contribution in [1.82, 2.24) is 19.2 Å². The Morgan fingerprint density at radius 2 is 1.83 bits per heavy atom. The second-order valence-electron chi connectivity index (χ2n) is 10.8. The summed E-state index contributed by atoms with van der Waals surface area (Å²) in [5.74, 6) is 0.0376. The summed E-state index contributed by atoms with van der Waals surface area (Å²) in [6.45, 7) is 6.23. The van der Waals surface area contributed by atoms with Crippen LogP contribution in [0.2, 0.25) is 0 Å². The van der Waals surface area contributed by atoms with Crippen LogP contribution in [0.4, 0.5) is 0 Å². The van der Waals surface area contributed by atoms with E-state index in [4.69, 9.17) is 9.47 Å². The van der Waals surface area contributed by atoms with E-state index in [0.29, 0.717) is 24.4 Å². The molecule has 1 fully saturated rings. The van der Waals surface area contributed by atoms with Crippen molar-refractivity contribution in [1.29, 1.82) is 5.26 Å². The molecule has 0 bridgehead atoms. The average molecular weight is 568 g/mol. The van der Waals surface area contributed by atoms with Crippen molar-refractivity contribution in [3.05, 3.63) is 87.6 Å². The smallest absolute Gasteiger partial charge is 0.332 e. The van der Waals surface area contributed by atoms with Gasteiger partial charge in [0, 0.05) is 17.5 Å². The van der Waals surface area contributed by atoms with Crippen LogP contribution >= 0.6 is 0 Å². The molecule has 218 valence electrons. The molecule has 0 aliphatic heterocycles. The number of aromatic nitrogens is 4.